The summed E-state index contributed by atoms with van der Waals surface area (Å²) in [5, 5.41) is 13.5. The van der Waals surface area contributed by atoms with E-state index in [0.717, 1.165) is 11.8 Å². The molecular weight excluding hydrogens is 662 g/mol. The summed E-state index contributed by atoms with van der Waals surface area (Å²) in [5.74, 6) is -0.497. The molecule has 1 saturated heterocycles. The Kier molecular flexibility index (Phi) is 12.3. The topological polar surface area (TPSA) is 199 Å². The first-order valence-corrected chi connectivity index (χ1v) is 17.1. The Labute approximate surface area is 269 Å². The van der Waals surface area contributed by atoms with Crippen molar-refractivity contribution in [1.29, 1.82) is 0 Å². The van der Waals surface area contributed by atoms with Gasteiger partial charge in [-0.05, 0) is 27.7 Å². The van der Waals surface area contributed by atoms with Crippen molar-refractivity contribution in [1.82, 2.24) is 24.6 Å². The number of nitrogens with zero attached hydrogens (tertiary/aromatic N) is 4. The molecule has 0 saturated carbocycles. The fourth-order valence-corrected chi connectivity index (χ4v) is 6.82. The molecule has 0 unspecified atom stereocenters. The van der Waals surface area contributed by atoms with Gasteiger partial charge in [-0.15, -0.1) is 0 Å². The van der Waals surface area contributed by atoms with Gasteiger partial charge >= 0.3 is 13.7 Å². The zero-order valence-corrected chi connectivity index (χ0v) is 28.7. The van der Waals surface area contributed by atoms with Crippen molar-refractivity contribution in [3.8, 4) is 5.88 Å². The number of anilines is 1. The van der Waals surface area contributed by atoms with Gasteiger partial charge in [-0.1, -0.05) is 55.7 Å². The molecule has 3 heterocycles. The third kappa shape index (κ3) is 8.95. The Morgan fingerprint density at radius 2 is 1.95 bits per heavy atom. The van der Waals surface area contributed by atoms with Crippen LogP contribution in [-0.4, -0.2) is 90.0 Å². The Balaban J connectivity index is 1.78. The molecule has 0 spiro atoms. The van der Waals surface area contributed by atoms with Crippen LogP contribution in [0.25, 0.3) is 11.2 Å². The second-order valence-electron chi connectivity index (χ2n) is 11.1. The number of alkyl halides is 2. The summed E-state index contributed by atoms with van der Waals surface area (Å²) in [5.41, 5.74) is 5.71. The number of thioether (sulfide) groups is 1. The van der Waals surface area contributed by atoms with Crippen LogP contribution in [0.1, 0.15) is 54.7 Å². The minimum Gasteiger partial charge on any atom is -0.476 e. The third-order valence-electron chi connectivity index (χ3n) is 5.98. The van der Waals surface area contributed by atoms with Gasteiger partial charge < -0.3 is 25.1 Å². The zero-order valence-electron chi connectivity index (χ0n) is 25.5. The van der Waals surface area contributed by atoms with Gasteiger partial charge in [0.1, 0.15) is 18.2 Å². The molecule has 19 heteroatoms. The van der Waals surface area contributed by atoms with Crippen molar-refractivity contribution in [2.24, 2.45) is 5.41 Å². The van der Waals surface area contributed by atoms with Crippen LogP contribution in [0.2, 0.25) is 0 Å². The predicted molar refractivity (Wildman–Crippen MR) is 166 cm³/mol. The number of hydrogen-bond donors (Lipinski definition) is 3. The number of esters is 1. The molecule has 0 aromatic carbocycles. The number of ether oxygens (including phenoxy) is 3. The quantitative estimate of drug-likeness (QED) is 0.112. The Bertz CT molecular complexity index is 1380. The second kappa shape index (κ2) is 14.8. The van der Waals surface area contributed by atoms with Gasteiger partial charge in [0.25, 0.3) is 0 Å². The van der Waals surface area contributed by atoms with Gasteiger partial charge in [-0.3, -0.25) is 23.2 Å². The Morgan fingerprint density at radius 3 is 2.57 bits per heavy atom. The van der Waals surface area contributed by atoms with Gasteiger partial charge in [0.05, 0.1) is 32.3 Å². The summed E-state index contributed by atoms with van der Waals surface area (Å²) in [7, 11) is -4.26. The number of rotatable bonds is 14. The van der Waals surface area contributed by atoms with Gasteiger partial charge in [-0.2, -0.15) is 9.97 Å². The van der Waals surface area contributed by atoms with E-state index in [-0.39, 0.29) is 40.5 Å². The van der Waals surface area contributed by atoms with Crippen molar-refractivity contribution in [2.75, 3.05) is 31.3 Å². The molecule has 1 aliphatic rings. The maximum Gasteiger partial charge on any atom is 0.406 e. The largest absolute Gasteiger partial charge is 0.476 e. The first-order chi connectivity index (χ1) is 20.4. The van der Waals surface area contributed by atoms with Gasteiger partial charge in [0.15, 0.2) is 26.8 Å². The fraction of sp³-hybridized carbons (Fsp3) is 0.720. The SMILES string of the molecule is CCOc1nc(N)nc2c1ncn2[C@@H]1O[C@H](CO[P@@](=O)(N[C@H](C)C(=O)OC(C)C)OCCSC(=O)C(C)(C)C)[C@@H](O)C1(Cl)Cl. The number of imidazole rings is 1. The molecule has 44 heavy (non-hydrogen) atoms. The van der Waals surface area contributed by atoms with Crippen LogP contribution < -0.4 is 15.6 Å². The smallest absolute Gasteiger partial charge is 0.406 e. The van der Waals surface area contributed by atoms with E-state index in [0.29, 0.717) is 6.61 Å². The maximum atomic E-state index is 13.8. The number of nitrogens with two attached hydrogens (primary N) is 1. The molecule has 248 valence electrons. The molecule has 4 N–H and O–H groups in total. The van der Waals surface area contributed by atoms with Crippen LogP contribution in [-0.2, 0) is 32.7 Å². The summed E-state index contributed by atoms with van der Waals surface area (Å²) in [6, 6.07) is -1.10. The molecule has 0 bridgehead atoms. The summed E-state index contributed by atoms with van der Waals surface area (Å²) in [6.07, 6.45) is -3.13. The minimum atomic E-state index is -4.26. The number of nitrogens with one attached hydrogen (secondary N) is 1. The van der Waals surface area contributed by atoms with Crippen LogP contribution in [0.4, 0.5) is 5.95 Å². The predicted octanol–water partition coefficient (Wildman–Crippen LogP) is 3.62. The Hall–Kier alpha value is -1.75. The molecule has 15 nitrogen and oxygen atoms in total. The number of aromatic nitrogens is 4. The summed E-state index contributed by atoms with van der Waals surface area (Å²) >= 11 is 14.2. The molecule has 1 aliphatic heterocycles. The molecular formula is C25H39Cl2N6O9PS. The van der Waals surface area contributed by atoms with Crippen molar-refractivity contribution in [3.05, 3.63) is 6.33 Å². The molecule has 2 aromatic rings. The highest BCUT2D eigenvalue weighted by Gasteiger charge is 2.56. The fourth-order valence-electron chi connectivity index (χ4n) is 3.84. The van der Waals surface area contributed by atoms with E-state index < -0.39 is 60.7 Å². The van der Waals surface area contributed by atoms with Crippen molar-refractivity contribution in [2.45, 2.75) is 83.4 Å². The summed E-state index contributed by atoms with van der Waals surface area (Å²) < 4.78 is 41.0. The van der Waals surface area contributed by atoms with Crippen molar-refractivity contribution < 1.29 is 42.5 Å². The van der Waals surface area contributed by atoms with Crippen LogP contribution in [0, 0.1) is 5.41 Å². The number of carbonyl (C=O) groups excluding carboxylic acids is 2. The first-order valence-electron chi connectivity index (χ1n) is 13.8. The molecule has 1 fully saturated rings. The van der Waals surface area contributed by atoms with Gasteiger partial charge in [-0.25, -0.2) is 14.6 Å². The lowest BCUT2D eigenvalue weighted by Crippen LogP contribution is -2.39. The van der Waals surface area contributed by atoms with E-state index in [2.05, 4.69) is 20.0 Å². The molecule has 3 rings (SSSR count). The molecule has 5 atom stereocenters. The van der Waals surface area contributed by atoms with Crippen LogP contribution >= 0.6 is 42.7 Å². The van der Waals surface area contributed by atoms with Crippen LogP contribution in [0.5, 0.6) is 5.88 Å². The minimum absolute atomic E-state index is 0.0831. The van der Waals surface area contributed by atoms with E-state index >= 15 is 0 Å². The lowest BCUT2D eigenvalue weighted by Gasteiger charge is -2.25. The highest BCUT2D eigenvalue weighted by atomic mass is 35.5. The lowest BCUT2D eigenvalue weighted by atomic mass is 10.00. The average Bonchev–Trinajstić information content (AvgIpc) is 3.42. The van der Waals surface area contributed by atoms with Gasteiger partial charge in [0.2, 0.25) is 11.8 Å². The number of halogens is 2. The van der Waals surface area contributed by atoms with Gasteiger partial charge in [0, 0.05) is 11.2 Å². The van der Waals surface area contributed by atoms with E-state index in [1.54, 1.807) is 41.5 Å². The van der Waals surface area contributed by atoms with E-state index in [9.17, 15) is 19.3 Å². The Morgan fingerprint density at radius 1 is 1.27 bits per heavy atom. The highest BCUT2D eigenvalue weighted by Crippen LogP contribution is 2.50. The lowest BCUT2D eigenvalue weighted by molar-refractivity contribution is -0.149. The zero-order chi connectivity index (χ0) is 33.0. The molecule has 0 amide bonds. The molecule has 0 aliphatic carbocycles. The number of fused-ring (bicyclic) bond motifs is 1. The van der Waals surface area contributed by atoms with Crippen LogP contribution in [0.3, 0.4) is 0 Å². The van der Waals surface area contributed by atoms with E-state index in [4.69, 9.17) is 52.2 Å². The number of aliphatic hydroxyl groups is 1. The van der Waals surface area contributed by atoms with E-state index in [1.807, 2.05) is 0 Å². The highest BCUT2D eigenvalue weighted by molar-refractivity contribution is 8.13. The maximum absolute atomic E-state index is 13.8. The summed E-state index contributed by atoms with van der Waals surface area (Å²) in [6.45, 7) is 11.5. The monoisotopic (exact) mass is 700 g/mol. The normalized spacial score (nSPS) is 22.2. The van der Waals surface area contributed by atoms with Crippen molar-refractivity contribution in [3.63, 3.8) is 0 Å². The van der Waals surface area contributed by atoms with Crippen LogP contribution in [0.15, 0.2) is 6.33 Å². The number of aliphatic hydroxyl groups excluding tert-OH is 1. The third-order valence-corrected chi connectivity index (χ3v) is 9.76. The average molecular weight is 702 g/mol. The summed E-state index contributed by atoms with van der Waals surface area (Å²) in [4.78, 5) is 37.2. The molecule has 0 radical (unpaired) electrons. The standard InChI is InChI=1S/C25H39Cl2N6O9PS/c1-8-38-19-16-18(30-23(28)31-19)33(12-29-16)21-25(26,27)17(34)15(42-21)11-40-43(37,32-14(4)20(35)41-13(2)3)39-9-10-44-22(36)24(5,6)7/h12-15,17,21,34H,8-11H2,1-7H3,(H,32,37)(H2,28,30,31)/t14-,15-,17-,21-,43-/m1/s1. The molecule has 2 aromatic heterocycles. The number of carbonyl (C=O) groups is 2. The second-order valence-corrected chi connectivity index (χ2v) is 15.4. The first kappa shape index (κ1) is 36.7. The number of nitrogen functional groups attached to an aromatic ring is 1. The number of hydrogen-bond acceptors (Lipinski definition) is 14. The van der Waals surface area contributed by atoms with Crippen molar-refractivity contribution >= 4 is 70.9 Å². The van der Waals surface area contributed by atoms with E-state index in [1.165, 1.54) is 17.8 Å².